The lowest BCUT2D eigenvalue weighted by Gasteiger charge is -2.62. The van der Waals surface area contributed by atoms with E-state index in [0.29, 0.717) is 5.41 Å². The highest BCUT2D eigenvalue weighted by atomic mass is 32.1. The van der Waals surface area contributed by atoms with Crippen molar-refractivity contribution in [2.75, 3.05) is 19.6 Å². The van der Waals surface area contributed by atoms with Gasteiger partial charge >= 0.3 is 0 Å². The third kappa shape index (κ3) is 3.45. The van der Waals surface area contributed by atoms with Gasteiger partial charge in [0, 0.05) is 48.1 Å². The van der Waals surface area contributed by atoms with E-state index < -0.39 is 0 Å². The fourth-order valence-electron chi connectivity index (χ4n) is 2.73. The predicted molar refractivity (Wildman–Crippen MR) is 95.7 cm³/mol. The number of hydrogen-bond donors (Lipinski definition) is 1. The van der Waals surface area contributed by atoms with Crippen LogP contribution >= 0.6 is 11.3 Å². The second kappa shape index (κ2) is 6.57. The Hall–Kier alpha value is -1.10. The molecule has 2 rings (SSSR count). The van der Waals surface area contributed by atoms with Crippen LogP contribution in [0, 0.1) is 12.3 Å². The van der Waals surface area contributed by atoms with Gasteiger partial charge in [-0.2, -0.15) is 0 Å². The van der Waals surface area contributed by atoms with E-state index in [1.807, 2.05) is 0 Å². The van der Waals surface area contributed by atoms with Gasteiger partial charge in [0.2, 0.25) is 0 Å². The Morgan fingerprint density at radius 3 is 2.64 bits per heavy atom. The number of aromatic nitrogens is 1. The zero-order chi connectivity index (χ0) is 16.4. The highest BCUT2D eigenvalue weighted by molar-refractivity contribution is 7.09. The normalized spacial score (nSPS) is 19.9. The van der Waals surface area contributed by atoms with Crippen LogP contribution in [0.5, 0.6) is 0 Å². The van der Waals surface area contributed by atoms with E-state index in [2.05, 4.69) is 62.1 Å². The van der Waals surface area contributed by atoms with Crippen molar-refractivity contribution >= 4 is 17.3 Å². The van der Waals surface area contributed by atoms with Crippen LogP contribution in [0.2, 0.25) is 0 Å². The Kier molecular flexibility index (Phi) is 5.15. The van der Waals surface area contributed by atoms with Crippen molar-refractivity contribution in [1.29, 1.82) is 0 Å². The highest BCUT2D eigenvalue weighted by Gasteiger charge is 2.53. The highest BCUT2D eigenvalue weighted by Crippen LogP contribution is 2.46. The van der Waals surface area contributed by atoms with Crippen LogP contribution < -0.4 is 5.32 Å². The lowest BCUT2D eigenvalue weighted by atomic mass is 9.65. The summed E-state index contributed by atoms with van der Waals surface area (Å²) in [5, 5.41) is 6.79. The van der Waals surface area contributed by atoms with E-state index in [0.717, 1.165) is 44.1 Å². The van der Waals surface area contributed by atoms with E-state index in [-0.39, 0.29) is 5.54 Å². The van der Waals surface area contributed by atoms with Gasteiger partial charge in [-0.3, -0.25) is 4.99 Å². The monoisotopic (exact) mass is 322 g/mol. The summed E-state index contributed by atoms with van der Waals surface area (Å²) in [6, 6.07) is 0. The quantitative estimate of drug-likeness (QED) is 0.513. The van der Waals surface area contributed by atoms with E-state index in [1.165, 1.54) is 5.01 Å². The molecule has 0 aromatic carbocycles. The summed E-state index contributed by atoms with van der Waals surface area (Å²) in [4.78, 5) is 11.7. The second-order valence-corrected chi connectivity index (χ2v) is 8.19. The topological polar surface area (TPSA) is 40.5 Å². The zero-order valence-electron chi connectivity index (χ0n) is 14.9. The summed E-state index contributed by atoms with van der Waals surface area (Å²) < 4.78 is 0. The fraction of sp³-hybridized carbons (Fsp3) is 0.765. The van der Waals surface area contributed by atoms with Crippen molar-refractivity contribution in [1.82, 2.24) is 15.2 Å². The summed E-state index contributed by atoms with van der Waals surface area (Å²) in [5.74, 6) is 1.06. The van der Waals surface area contributed by atoms with Crippen LogP contribution in [0.25, 0.3) is 0 Å². The lowest BCUT2D eigenvalue weighted by Crippen LogP contribution is -2.72. The molecule has 1 N–H and O–H groups in total. The van der Waals surface area contributed by atoms with Gasteiger partial charge in [0.1, 0.15) is 0 Å². The molecular formula is C17H30N4S. The van der Waals surface area contributed by atoms with Crippen LogP contribution in [0.4, 0.5) is 0 Å². The molecule has 4 nitrogen and oxygen atoms in total. The van der Waals surface area contributed by atoms with Crippen molar-refractivity contribution in [3.05, 3.63) is 16.1 Å². The first kappa shape index (κ1) is 17.3. The molecule has 0 unspecified atom stereocenters. The largest absolute Gasteiger partial charge is 0.356 e. The third-order valence-electron chi connectivity index (χ3n) is 4.95. The van der Waals surface area contributed by atoms with E-state index in [9.17, 15) is 0 Å². The van der Waals surface area contributed by atoms with E-state index >= 15 is 0 Å². The first-order valence-corrected chi connectivity index (χ1v) is 9.13. The number of guanidine groups is 1. The molecule has 0 bridgehead atoms. The first-order valence-electron chi connectivity index (χ1n) is 8.25. The Balaban J connectivity index is 1.91. The average molecular weight is 323 g/mol. The van der Waals surface area contributed by atoms with Crippen LogP contribution in [-0.4, -0.2) is 41.0 Å². The molecule has 0 spiro atoms. The van der Waals surface area contributed by atoms with Crippen molar-refractivity contribution in [3.8, 4) is 0 Å². The van der Waals surface area contributed by atoms with Crippen molar-refractivity contribution in [2.45, 2.75) is 59.9 Å². The Labute approximate surface area is 139 Å². The molecule has 1 aromatic heterocycles. The summed E-state index contributed by atoms with van der Waals surface area (Å²) in [6.45, 7) is 16.3. The van der Waals surface area contributed by atoms with Gasteiger partial charge in [0.05, 0.1) is 5.01 Å². The molecular weight excluding hydrogens is 292 g/mol. The van der Waals surface area contributed by atoms with Crippen molar-refractivity contribution < 1.29 is 0 Å². The molecule has 1 aromatic rings. The predicted octanol–water partition coefficient (Wildman–Crippen LogP) is 3.47. The number of hydrogen-bond acceptors (Lipinski definition) is 3. The molecule has 0 saturated carbocycles. The van der Waals surface area contributed by atoms with Crippen molar-refractivity contribution in [2.24, 2.45) is 10.4 Å². The molecule has 5 heteroatoms. The summed E-state index contributed by atoms with van der Waals surface area (Å²) in [7, 11) is 0. The molecule has 0 amide bonds. The van der Waals surface area contributed by atoms with Gasteiger partial charge in [-0.15, -0.1) is 11.3 Å². The summed E-state index contributed by atoms with van der Waals surface area (Å²) in [5.41, 5.74) is 1.61. The molecule has 0 atom stereocenters. The molecule has 1 aliphatic heterocycles. The van der Waals surface area contributed by atoms with Crippen LogP contribution in [0.15, 0.2) is 10.4 Å². The number of nitrogens with zero attached hydrogens (tertiary/aromatic N) is 3. The van der Waals surface area contributed by atoms with Crippen LogP contribution in [-0.2, 0) is 6.42 Å². The minimum absolute atomic E-state index is 0.153. The minimum Gasteiger partial charge on any atom is -0.356 e. The van der Waals surface area contributed by atoms with E-state index in [4.69, 9.17) is 4.99 Å². The Morgan fingerprint density at radius 1 is 1.41 bits per heavy atom. The minimum atomic E-state index is 0.153. The van der Waals surface area contributed by atoms with Crippen LogP contribution in [0.3, 0.4) is 0 Å². The molecule has 22 heavy (non-hydrogen) atoms. The molecule has 1 fully saturated rings. The number of rotatable bonds is 5. The summed E-state index contributed by atoms with van der Waals surface area (Å²) >= 11 is 1.75. The van der Waals surface area contributed by atoms with Crippen LogP contribution in [0.1, 0.15) is 51.7 Å². The third-order valence-corrected chi connectivity index (χ3v) is 5.98. The number of aryl methyl sites for hydroxylation is 2. The van der Waals surface area contributed by atoms with Gasteiger partial charge < -0.3 is 10.2 Å². The molecule has 1 aliphatic rings. The maximum atomic E-state index is 4.83. The van der Waals surface area contributed by atoms with Gasteiger partial charge in [-0.1, -0.05) is 13.8 Å². The number of nitrogens with one attached hydrogen (secondary N) is 1. The first-order chi connectivity index (χ1) is 10.3. The van der Waals surface area contributed by atoms with Crippen molar-refractivity contribution in [3.63, 3.8) is 0 Å². The van der Waals surface area contributed by atoms with Gasteiger partial charge in [0.15, 0.2) is 5.96 Å². The Bertz CT molecular complexity index is 531. The number of thiazole rings is 1. The second-order valence-electron chi connectivity index (χ2n) is 7.25. The summed E-state index contributed by atoms with van der Waals surface area (Å²) in [6.07, 6.45) is 2.08. The van der Waals surface area contributed by atoms with Gasteiger partial charge in [-0.25, -0.2) is 4.98 Å². The molecule has 2 heterocycles. The number of aliphatic imine (C=N–C) groups is 1. The lowest BCUT2D eigenvalue weighted by molar-refractivity contribution is -0.0667. The maximum absolute atomic E-state index is 4.83. The SMILES string of the molecule is CCNC(=NCCCc1nc(C)cs1)N1CC(C)(C)C1(C)C. The number of likely N-dealkylation sites (tertiary alicyclic amines) is 1. The average Bonchev–Trinajstić information content (AvgIpc) is 2.85. The molecule has 1 saturated heterocycles. The standard InChI is InChI=1S/C17H30N4S/c1-7-18-15(21-12-16(3,4)17(21,5)6)19-10-8-9-14-20-13(2)11-22-14/h11H,7-10,12H2,1-6H3,(H,18,19). The van der Waals surface area contributed by atoms with E-state index in [1.54, 1.807) is 11.3 Å². The fourth-order valence-corrected chi connectivity index (χ4v) is 3.55. The maximum Gasteiger partial charge on any atom is 0.194 e. The molecule has 0 radical (unpaired) electrons. The van der Waals surface area contributed by atoms with Gasteiger partial charge in [0.25, 0.3) is 0 Å². The molecule has 0 aliphatic carbocycles. The Morgan fingerprint density at radius 2 is 2.14 bits per heavy atom. The van der Waals surface area contributed by atoms with Gasteiger partial charge in [-0.05, 0) is 34.1 Å². The smallest absolute Gasteiger partial charge is 0.194 e. The molecule has 124 valence electrons. The zero-order valence-corrected chi connectivity index (χ0v) is 15.7.